The van der Waals surface area contributed by atoms with Gasteiger partial charge in [-0.05, 0) is 69.3 Å². The van der Waals surface area contributed by atoms with Gasteiger partial charge in [0.1, 0.15) is 18.0 Å². The highest BCUT2D eigenvalue weighted by Crippen LogP contribution is 2.49. The summed E-state index contributed by atoms with van der Waals surface area (Å²) in [4.78, 5) is 15.5. The van der Waals surface area contributed by atoms with Crippen molar-refractivity contribution < 1.29 is 19.0 Å². The number of nitrogens with zero attached hydrogens (tertiary/aromatic N) is 3. The smallest absolute Gasteiger partial charge is 0.334 e. The van der Waals surface area contributed by atoms with Gasteiger partial charge in [-0.15, -0.1) is 5.10 Å². The van der Waals surface area contributed by atoms with Gasteiger partial charge in [0, 0.05) is 35.1 Å². The molecule has 6 rings (SSSR count). The first-order chi connectivity index (χ1) is 18.4. The zero-order valence-corrected chi connectivity index (χ0v) is 22.0. The molecule has 38 heavy (non-hydrogen) atoms. The van der Waals surface area contributed by atoms with Crippen LogP contribution in [0.2, 0.25) is 0 Å². The van der Waals surface area contributed by atoms with E-state index in [1.54, 1.807) is 7.11 Å². The number of ether oxygens (including phenoxy) is 3. The Balaban J connectivity index is 1.03. The van der Waals surface area contributed by atoms with Gasteiger partial charge < -0.3 is 24.5 Å². The molecule has 0 radical (unpaired) electrons. The van der Waals surface area contributed by atoms with Crippen LogP contribution in [0, 0.1) is 5.92 Å². The molecule has 2 aliphatic heterocycles. The van der Waals surface area contributed by atoms with Crippen LogP contribution in [0.15, 0.2) is 54.4 Å². The third kappa shape index (κ3) is 4.88. The van der Waals surface area contributed by atoms with Gasteiger partial charge in [0.2, 0.25) is 0 Å². The van der Waals surface area contributed by atoms with Crippen molar-refractivity contribution in [1.82, 2.24) is 25.3 Å². The molecule has 2 saturated heterocycles. The van der Waals surface area contributed by atoms with E-state index in [-0.39, 0.29) is 29.7 Å². The number of aromatic nitrogens is 4. The highest BCUT2D eigenvalue weighted by molar-refractivity contribution is 5.91. The molecule has 2 fully saturated rings. The number of H-pyrrole nitrogens is 1. The normalized spacial score (nSPS) is 28.4. The maximum Gasteiger partial charge on any atom is 0.334 e. The second-order valence-electron chi connectivity index (χ2n) is 10.9. The van der Waals surface area contributed by atoms with Gasteiger partial charge >= 0.3 is 5.97 Å². The first kappa shape index (κ1) is 24.9. The summed E-state index contributed by atoms with van der Waals surface area (Å²) in [6, 6.07) is 6.09. The standard InChI is InChI=1S/C29H35N5O4/c1-18-23-8-6-19(5-4-11-29(2)27(38-29)26(23)37-28(18)35)16-34-17-21(32-33-34)15-30-12-10-20-14-31-25-9-7-22(36-3)13-24(20)25/h5,7,9,13-14,17,23,26-27,30-31H,1,4,6,8,10-12,15-16H2,2-3H3/b19-5+/t23-,26-,27-,29+/m0/s1. The minimum absolute atomic E-state index is 0.00423. The lowest BCUT2D eigenvalue weighted by Crippen LogP contribution is -2.29. The number of hydrogen-bond donors (Lipinski definition) is 2. The molecule has 1 aromatic carbocycles. The molecule has 0 saturated carbocycles. The van der Waals surface area contributed by atoms with Crippen LogP contribution in [-0.2, 0) is 33.8 Å². The molecule has 4 heterocycles. The summed E-state index contributed by atoms with van der Waals surface area (Å²) in [5, 5.41) is 13.4. The van der Waals surface area contributed by atoms with Crippen molar-refractivity contribution in [2.45, 2.75) is 69.9 Å². The lowest BCUT2D eigenvalue weighted by molar-refractivity contribution is -0.140. The maximum atomic E-state index is 12.2. The van der Waals surface area contributed by atoms with Crippen LogP contribution in [0.25, 0.3) is 10.9 Å². The van der Waals surface area contributed by atoms with Crippen molar-refractivity contribution in [3.63, 3.8) is 0 Å². The minimum Gasteiger partial charge on any atom is -0.497 e. The SMILES string of the molecule is C=C1C(=O)O[C@H]2[C@H]1CC/C(Cn1cc(CNCCc3c[nH]c4ccc(OC)cc34)nn1)=C\CC[C@@]1(C)O[C@@H]21. The molecule has 9 heteroatoms. The third-order valence-corrected chi connectivity index (χ3v) is 8.24. The van der Waals surface area contributed by atoms with Gasteiger partial charge in [-0.25, -0.2) is 9.48 Å². The van der Waals surface area contributed by atoms with Crippen molar-refractivity contribution in [2.75, 3.05) is 13.7 Å². The molecule has 2 aromatic heterocycles. The fraction of sp³-hybridized carbons (Fsp3) is 0.483. The van der Waals surface area contributed by atoms with Crippen molar-refractivity contribution in [3.05, 3.63) is 65.7 Å². The number of epoxide rings is 1. The largest absolute Gasteiger partial charge is 0.497 e. The Morgan fingerprint density at radius 3 is 3.13 bits per heavy atom. The van der Waals surface area contributed by atoms with Crippen molar-refractivity contribution in [3.8, 4) is 5.75 Å². The monoisotopic (exact) mass is 517 g/mol. The predicted octanol–water partition coefficient (Wildman–Crippen LogP) is 3.86. The van der Waals surface area contributed by atoms with Gasteiger partial charge in [0.25, 0.3) is 0 Å². The van der Waals surface area contributed by atoms with E-state index in [9.17, 15) is 4.79 Å². The van der Waals surface area contributed by atoms with Gasteiger partial charge in [0.05, 0.1) is 31.1 Å². The van der Waals surface area contributed by atoms with Crippen LogP contribution in [0.5, 0.6) is 5.75 Å². The van der Waals surface area contributed by atoms with Crippen molar-refractivity contribution in [2.24, 2.45) is 5.92 Å². The second-order valence-corrected chi connectivity index (χ2v) is 10.9. The van der Waals surface area contributed by atoms with Crippen LogP contribution in [0.3, 0.4) is 0 Å². The Hall–Kier alpha value is -3.43. The number of hydrogen-bond acceptors (Lipinski definition) is 7. The molecule has 3 aliphatic rings. The van der Waals surface area contributed by atoms with Crippen LogP contribution >= 0.6 is 0 Å². The Morgan fingerprint density at radius 2 is 2.26 bits per heavy atom. The highest BCUT2D eigenvalue weighted by Gasteiger charge is 2.61. The number of fused-ring (bicyclic) bond motifs is 4. The molecule has 200 valence electrons. The topological polar surface area (TPSA) is 107 Å². The van der Waals surface area contributed by atoms with Crippen molar-refractivity contribution >= 4 is 16.9 Å². The lowest BCUT2D eigenvalue weighted by atomic mass is 9.84. The number of allylic oxidation sites excluding steroid dienone is 2. The molecule has 1 aliphatic carbocycles. The lowest BCUT2D eigenvalue weighted by Gasteiger charge is -2.20. The van der Waals surface area contributed by atoms with Gasteiger partial charge in [-0.2, -0.15) is 0 Å². The van der Waals surface area contributed by atoms with Crippen LogP contribution < -0.4 is 10.1 Å². The summed E-state index contributed by atoms with van der Waals surface area (Å²) >= 11 is 0. The highest BCUT2D eigenvalue weighted by atomic mass is 16.6. The molecular formula is C29H35N5O4. The van der Waals surface area contributed by atoms with Crippen LogP contribution in [0.4, 0.5) is 0 Å². The van der Waals surface area contributed by atoms with E-state index in [2.05, 4.69) is 52.5 Å². The number of nitrogens with one attached hydrogen (secondary N) is 2. The summed E-state index contributed by atoms with van der Waals surface area (Å²) in [6.45, 7) is 8.31. The number of rotatable bonds is 8. The summed E-state index contributed by atoms with van der Waals surface area (Å²) in [6.07, 6.45) is 10.6. The fourth-order valence-electron chi connectivity index (χ4n) is 5.90. The van der Waals surface area contributed by atoms with E-state index in [1.807, 2.05) is 23.0 Å². The van der Waals surface area contributed by atoms with Gasteiger partial charge in [-0.1, -0.05) is 23.4 Å². The Morgan fingerprint density at radius 1 is 1.37 bits per heavy atom. The molecule has 0 amide bonds. The summed E-state index contributed by atoms with van der Waals surface area (Å²) in [5.74, 6) is 0.590. The van der Waals surface area contributed by atoms with E-state index in [4.69, 9.17) is 14.2 Å². The molecule has 3 aromatic rings. The number of carbonyl (C=O) groups excluding carboxylic acids is 1. The quantitative estimate of drug-likeness (QED) is 0.154. The summed E-state index contributed by atoms with van der Waals surface area (Å²) in [7, 11) is 1.69. The van der Waals surface area contributed by atoms with E-state index in [1.165, 1.54) is 16.5 Å². The van der Waals surface area contributed by atoms with Gasteiger partial charge in [-0.3, -0.25) is 0 Å². The van der Waals surface area contributed by atoms with Crippen LogP contribution in [-0.4, -0.2) is 57.4 Å². The molecule has 0 spiro atoms. The number of methoxy groups -OCH3 is 1. The maximum absolute atomic E-state index is 12.2. The van der Waals surface area contributed by atoms with Gasteiger partial charge in [0.15, 0.2) is 0 Å². The number of esters is 1. The molecular weight excluding hydrogens is 482 g/mol. The first-order valence-corrected chi connectivity index (χ1v) is 13.4. The predicted molar refractivity (Wildman–Crippen MR) is 143 cm³/mol. The molecule has 0 bridgehead atoms. The molecule has 4 atom stereocenters. The second kappa shape index (κ2) is 10.0. The number of aromatic amines is 1. The Bertz CT molecular complexity index is 1390. The number of carbonyl (C=O) groups is 1. The van der Waals surface area contributed by atoms with Crippen molar-refractivity contribution in [1.29, 1.82) is 0 Å². The number of benzene rings is 1. The van der Waals surface area contributed by atoms with E-state index in [0.29, 0.717) is 18.7 Å². The summed E-state index contributed by atoms with van der Waals surface area (Å²) < 4.78 is 19.0. The van der Waals surface area contributed by atoms with E-state index < -0.39 is 0 Å². The zero-order valence-electron chi connectivity index (χ0n) is 22.0. The average molecular weight is 518 g/mol. The molecule has 0 unspecified atom stereocenters. The third-order valence-electron chi connectivity index (χ3n) is 8.24. The van der Waals surface area contributed by atoms with Crippen LogP contribution in [0.1, 0.15) is 43.9 Å². The first-order valence-electron chi connectivity index (χ1n) is 13.4. The summed E-state index contributed by atoms with van der Waals surface area (Å²) in [5.41, 5.74) is 4.93. The Kier molecular flexibility index (Phi) is 6.57. The Labute approximate surface area is 222 Å². The fourth-order valence-corrected chi connectivity index (χ4v) is 5.90. The molecule has 9 nitrogen and oxygen atoms in total. The molecule has 2 N–H and O–H groups in total. The minimum atomic E-state index is -0.277. The average Bonchev–Trinajstić information content (AvgIpc) is 3.21. The van der Waals surface area contributed by atoms with E-state index in [0.717, 1.165) is 55.6 Å². The zero-order chi connectivity index (χ0) is 26.3. The van der Waals surface area contributed by atoms with E-state index >= 15 is 0 Å².